The Balaban J connectivity index is 0.000000261. The van der Waals surface area contributed by atoms with E-state index in [4.69, 9.17) is 10.2 Å². The van der Waals surface area contributed by atoms with E-state index in [1.165, 1.54) is 24.2 Å². The summed E-state index contributed by atoms with van der Waals surface area (Å²) < 4.78 is 0. The molecule has 22 heavy (non-hydrogen) atoms. The van der Waals surface area contributed by atoms with Gasteiger partial charge in [0.2, 0.25) is 0 Å². The van der Waals surface area contributed by atoms with Crippen LogP contribution in [0.2, 0.25) is 0 Å². The number of carboxylic acids is 2. The van der Waals surface area contributed by atoms with E-state index in [0.717, 1.165) is 19.6 Å². The Morgan fingerprint density at radius 2 is 1.68 bits per heavy atom. The highest BCUT2D eigenvalue weighted by molar-refractivity contribution is 5.89. The quantitative estimate of drug-likeness (QED) is 0.722. The van der Waals surface area contributed by atoms with Crippen LogP contribution in [0.1, 0.15) is 11.1 Å². The summed E-state index contributed by atoms with van der Waals surface area (Å²) in [4.78, 5) is 21.6. The third-order valence-electron chi connectivity index (χ3n) is 3.23. The molecule has 0 spiro atoms. The minimum atomic E-state index is -1.26. The maximum Gasteiger partial charge on any atom is 0.328 e. The average molecular weight is 306 g/mol. The molecule has 6 heteroatoms. The van der Waals surface area contributed by atoms with E-state index in [-0.39, 0.29) is 0 Å². The van der Waals surface area contributed by atoms with Crippen molar-refractivity contribution in [2.45, 2.75) is 13.5 Å². The van der Waals surface area contributed by atoms with Crippen molar-refractivity contribution in [2.24, 2.45) is 0 Å². The maximum atomic E-state index is 9.55. The fourth-order valence-corrected chi connectivity index (χ4v) is 2.04. The summed E-state index contributed by atoms with van der Waals surface area (Å²) in [6.07, 6.45) is 1.12. The zero-order valence-corrected chi connectivity index (χ0v) is 12.7. The van der Waals surface area contributed by atoms with E-state index in [9.17, 15) is 9.59 Å². The van der Waals surface area contributed by atoms with Crippen molar-refractivity contribution in [3.63, 3.8) is 0 Å². The molecule has 1 fully saturated rings. The molecule has 1 aliphatic heterocycles. The fourth-order valence-electron chi connectivity index (χ4n) is 2.04. The number of carboxylic acid groups (broad SMARTS) is 2. The lowest BCUT2D eigenvalue weighted by Crippen LogP contribution is -2.42. The topological polar surface area (TPSA) is 89.9 Å². The van der Waals surface area contributed by atoms with Crippen LogP contribution in [0.15, 0.2) is 36.4 Å². The van der Waals surface area contributed by atoms with Gasteiger partial charge in [0.05, 0.1) is 0 Å². The minimum absolute atomic E-state index is 0.558. The molecular weight excluding hydrogens is 284 g/mol. The molecule has 0 aliphatic carbocycles. The molecule has 1 aliphatic rings. The second kappa shape index (κ2) is 9.70. The van der Waals surface area contributed by atoms with Gasteiger partial charge < -0.3 is 15.5 Å². The van der Waals surface area contributed by atoms with Gasteiger partial charge in [-0.2, -0.15) is 0 Å². The summed E-state index contributed by atoms with van der Waals surface area (Å²) in [6, 6.07) is 8.66. The second-order valence-electron chi connectivity index (χ2n) is 4.96. The van der Waals surface area contributed by atoms with Crippen LogP contribution < -0.4 is 5.32 Å². The van der Waals surface area contributed by atoms with Gasteiger partial charge in [-0.05, 0) is 18.1 Å². The molecule has 120 valence electrons. The maximum absolute atomic E-state index is 9.55. The van der Waals surface area contributed by atoms with Crippen LogP contribution in [0.4, 0.5) is 0 Å². The number of benzene rings is 1. The van der Waals surface area contributed by atoms with Gasteiger partial charge >= 0.3 is 11.9 Å². The molecule has 0 aromatic heterocycles. The number of aryl methyl sites for hydroxylation is 1. The summed E-state index contributed by atoms with van der Waals surface area (Å²) in [5, 5.41) is 19.0. The molecule has 6 nitrogen and oxygen atoms in total. The third kappa shape index (κ3) is 7.56. The van der Waals surface area contributed by atoms with E-state index in [2.05, 4.69) is 41.4 Å². The highest BCUT2D eigenvalue weighted by Crippen LogP contribution is 2.10. The van der Waals surface area contributed by atoms with Crippen molar-refractivity contribution >= 4 is 11.9 Å². The molecule has 0 radical (unpaired) electrons. The first kappa shape index (κ1) is 17.9. The molecule has 3 N–H and O–H groups in total. The standard InChI is InChI=1S/C12H18N2.C4H4O4/c1-11-4-2-3-5-12(11)10-14-8-6-13-7-9-14;5-3(6)1-2-4(7)8/h2-5,13H,6-10H2,1H3;1-2H,(H,5,6)(H,7,8)/b;2-1-. The number of nitrogens with one attached hydrogen (secondary N) is 1. The highest BCUT2D eigenvalue weighted by atomic mass is 16.4. The van der Waals surface area contributed by atoms with Gasteiger partial charge in [-0.3, -0.25) is 4.90 Å². The van der Waals surface area contributed by atoms with Crippen molar-refractivity contribution in [1.29, 1.82) is 0 Å². The van der Waals surface area contributed by atoms with Gasteiger partial charge in [-0.1, -0.05) is 24.3 Å². The summed E-state index contributed by atoms with van der Waals surface area (Å²) in [6.45, 7) is 7.91. The molecule has 0 amide bonds. The van der Waals surface area contributed by atoms with Gasteiger partial charge in [0.25, 0.3) is 0 Å². The molecule has 2 rings (SSSR count). The number of aliphatic carboxylic acids is 2. The summed E-state index contributed by atoms with van der Waals surface area (Å²) >= 11 is 0. The van der Waals surface area contributed by atoms with Crippen LogP contribution in [-0.4, -0.2) is 53.2 Å². The van der Waals surface area contributed by atoms with Crippen molar-refractivity contribution in [1.82, 2.24) is 10.2 Å². The molecule has 1 saturated heterocycles. The van der Waals surface area contributed by atoms with Crippen LogP contribution in [0, 0.1) is 6.92 Å². The smallest absolute Gasteiger partial charge is 0.328 e. The Morgan fingerprint density at radius 3 is 2.18 bits per heavy atom. The number of rotatable bonds is 4. The van der Waals surface area contributed by atoms with Crippen LogP contribution in [0.5, 0.6) is 0 Å². The van der Waals surface area contributed by atoms with Gasteiger partial charge in [0, 0.05) is 44.9 Å². The number of hydrogen-bond acceptors (Lipinski definition) is 4. The van der Waals surface area contributed by atoms with E-state index in [1.54, 1.807) is 0 Å². The molecule has 0 unspecified atom stereocenters. The Morgan fingerprint density at radius 1 is 1.14 bits per heavy atom. The lowest BCUT2D eigenvalue weighted by molar-refractivity contribution is -0.134. The normalized spacial score (nSPS) is 15.1. The van der Waals surface area contributed by atoms with Crippen molar-refractivity contribution in [3.05, 3.63) is 47.5 Å². The van der Waals surface area contributed by atoms with Gasteiger partial charge in [0.15, 0.2) is 0 Å². The summed E-state index contributed by atoms with van der Waals surface area (Å²) in [5.41, 5.74) is 2.88. The number of piperazine rings is 1. The van der Waals surface area contributed by atoms with Crippen LogP contribution in [-0.2, 0) is 16.1 Å². The Kier molecular flexibility index (Phi) is 7.88. The van der Waals surface area contributed by atoms with Gasteiger partial charge in [-0.15, -0.1) is 0 Å². The first-order chi connectivity index (χ1) is 10.5. The zero-order valence-electron chi connectivity index (χ0n) is 12.7. The van der Waals surface area contributed by atoms with Gasteiger partial charge in [-0.25, -0.2) is 9.59 Å². The zero-order chi connectivity index (χ0) is 16.4. The highest BCUT2D eigenvalue weighted by Gasteiger charge is 2.10. The summed E-state index contributed by atoms with van der Waals surface area (Å²) in [7, 11) is 0. The van der Waals surface area contributed by atoms with Crippen LogP contribution in [0.25, 0.3) is 0 Å². The minimum Gasteiger partial charge on any atom is -0.478 e. The fraction of sp³-hybridized carbons (Fsp3) is 0.375. The SMILES string of the molecule is Cc1ccccc1CN1CCNCC1.O=C(O)/C=C\C(=O)O. The molecule has 0 saturated carbocycles. The Bertz CT molecular complexity index is 507. The van der Waals surface area contributed by atoms with Crippen LogP contribution >= 0.6 is 0 Å². The van der Waals surface area contributed by atoms with Crippen LogP contribution in [0.3, 0.4) is 0 Å². The van der Waals surface area contributed by atoms with Crippen molar-refractivity contribution in [3.8, 4) is 0 Å². The predicted octanol–water partition coefficient (Wildman–Crippen LogP) is 1.11. The van der Waals surface area contributed by atoms with E-state index in [0.29, 0.717) is 12.2 Å². The van der Waals surface area contributed by atoms with E-state index in [1.807, 2.05) is 0 Å². The number of carbonyl (C=O) groups is 2. The molecule has 0 bridgehead atoms. The van der Waals surface area contributed by atoms with E-state index < -0.39 is 11.9 Å². The molecule has 0 atom stereocenters. The largest absolute Gasteiger partial charge is 0.478 e. The number of hydrogen-bond donors (Lipinski definition) is 3. The number of nitrogens with zero attached hydrogens (tertiary/aromatic N) is 1. The molecule has 1 heterocycles. The van der Waals surface area contributed by atoms with Crippen molar-refractivity contribution < 1.29 is 19.8 Å². The molecule has 1 aromatic rings. The first-order valence-electron chi connectivity index (χ1n) is 7.10. The summed E-state index contributed by atoms with van der Waals surface area (Å²) in [5.74, 6) is -2.51. The van der Waals surface area contributed by atoms with Gasteiger partial charge in [0.1, 0.15) is 0 Å². The lowest BCUT2D eigenvalue weighted by atomic mass is 10.1. The monoisotopic (exact) mass is 306 g/mol. The lowest BCUT2D eigenvalue weighted by Gasteiger charge is -2.27. The average Bonchev–Trinajstić information content (AvgIpc) is 2.49. The predicted molar refractivity (Wildman–Crippen MR) is 83.7 cm³/mol. The molecular formula is C16H22N2O4. The molecule has 1 aromatic carbocycles. The third-order valence-corrected chi connectivity index (χ3v) is 3.23. The second-order valence-corrected chi connectivity index (χ2v) is 4.96. The Labute approximate surface area is 130 Å². The van der Waals surface area contributed by atoms with Crippen molar-refractivity contribution in [2.75, 3.05) is 26.2 Å². The first-order valence-corrected chi connectivity index (χ1v) is 7.10. The Hall–Kier alpha value is -2.18. The van der Waals surface area contributed by atoms with E-state index >= 15 is 0 Å².